The van der Waals surface area contributed by atoms with Crippen molar-refractivity contribution < 1.29 is 9.47 Å². The quantitative estimate of drug-likeness (QED) is 0.863. The van der Waals surface area contributed by atoms with Gasteiger partial charge in [-0.2, -0.15) is 0 Å². The average Bonchev–Trinajstić information content (AvgIpc) is 2.38. The van der Waals surface area contributed by atoms with Crippen molar-refractivity contribution in [3.05, 3.63) is 24.3 Å². The van der Waals surface area contributed by atoms with E-state index in [1.54, 1.807) is 14.2 Å². The molecule has 0 aliphatic heterocycles. The SMILES string of the molecule is COc1ccc(N(C)C2(CN)CC(OC)C2)cc1. The van der Waals surface area contributed by atoms with Gasteiger partial charge in [0, 0.05) is 26.4 Å². The van der Waals surface area contributed by atoms with Crippen molar-refractivity contribution >= 4 is 5.69 Å². The number of nitrogens with zero attached hydrogens (tertiary/aromatic N) is 1. The van der Waals surface area contributed by atoms with Gasteiger partial charge in [-0.15, -0.1) is 0 Å². The molecule has 0 bridgehead atoms. The first-order valence-corrected chi connectivity index (χ1v) is 6.26. The molecule has 0 heterocycles. The van der Waals surface area contributed by atoms with Gasteiger partial charge in [0.05, 0.1) is 18.8 Å². The van der Waals surface area contributed by atoms with Crippen LogP contribution >= 0.6 is 0 Å². The molecule has 0 unspecified atom stereocenters. The number of ether oxygens (including phenoxy) is 2. The van der Waals surface area contributed by atoms with Crippen LogP contribution in [0, 0.1) is 0 Å². The molecule has 1 saturated carbocycles. The van der Waals surface area contributed by atoms with Crippen LogP contribution < -0.4 is 15.4 Å². The fraction of sp³-hybridized carbons (Fsp3) is 0.571. The molecule has 0 spiro atoms. The molecule has 0 saturated heterocycles. The minimum atomic E-state index is 0.0370. The third kappa shape index (κ3) is 2.18. The van der Waals surface area contributed by atoms with Gasteiger partial charge in [-0.25, -0.2) is 0 Å². The Bertz CT molecular complexity index is 385. The van der Waals surface area contributed by atoms with Crippen LogP contribution in [0.3, 0.4) is 0 Å². The van der Waals surface area contributed by atoms with Crippen molar-refractivity contribution in [2.45, 2.75) is 24.5 Å². The Morgan fingerprint density at radius 2 is 1.89 bits per heavy atom. The number of anilines is 1. The maximum absolute atomic E-state index is 5.96. The molecule has 1 aliphatic rings. The van der Waals surface area contributed by atoms with E-state index in [0.29, 0.717) is 12.6 Å². The van der Waals surface area contributed by atoms with Gasteiger partial charge in [0.2, 0.25) is 0 Å². The predicted octanol–water partition coefficient (Wildman–Crippen LogP) is 1.64. The van der Waals surface area contributed by atoms with Gasteiger partial charge in [0.25, 0.3) is 0 Å². The first kappa shape index (κ1) is 13.2. The Labute approximate surface area is 109 Å². The van der Waals surface area contributed by atoms with Gasteiger partial charge in [-0.1, -0.05) is 0 Å². The predicted molar refractivity (Wildman–Crippen MR) is 73.2 cm³/mol. The lowest BCUT2D eigenvalue weighted by Crippen LogP contribution is -2.63. The summed E-state index contributed by atoms with van der Waals surface area (Å²) in [6.45, 7) is 0.648. The number of hydrogen-bond acceptors (Lipinski definition) is 4. The molecule has 1 aromatic rings. The Hall–Kier alpha value is -1.26. The van der Waals surface area contributed by atoms with Gasteiger partial charge in [0.15, 0.2) is 0 Å². The highest BCUT2D eigenvalue weighted by Crippen LogP contribution is 2.40. The van der Waals surface area contributed by atoms with Crippen molar-refractivity contribution in [1.29, 1.82) is 0 Å². The average molecular weight is 250 g/mol. The standard InChI is InChI=1S/C14H22N2O2/c1-16(11-4-6-12(17-2)7-5-11)14(10-15)8-13(9-14)18-3/h4-7,13H,8-10,15H2,1-3H3. The molecule has 4 nitrogen and oxygen atoms in total. The summed E-state index contributed by atoms with van der Waals surface area (Å²) in [5.74, 6) is 0.873. The van der Waals surface area contributed by atoms with E-state index in [2.05, 4.69) is 24.1 Å². The largest absolute Gasteiger partial charge is 0.497 e. The van der Waals surface area contributed by atoms with E-state index in [0.717, 1.165) is 24.3 Å². The van der Waals surface area contributed by atoms with E-state index in [1.165, 1.54) is 0 Å². The minimum absolute atomic E-state index is 0.0370. The lowest BCUT2D eigenvalue weighted by molar-refractivity contribution is -0.0123. The summed E-state index contributed by atoms with van der Waals surface area (Å²) in [5, 5.41) is 0. The van der Waals surface area contributed by atoms with E-state index < -0.39 is 0 Å². The Kier molecular flexibility index (Phi) is 3.78. The van der Waals surface area contributed by atoms with Crippen LogP contribution in [0.2, 0.25) is 0 Å². The smallest absolute Gasteiger partial charge is 0.119 e. The van der Waals surface area contributed by atoms with Crippen molar-refractivity contribution in [3.63, 3.8) is 0 Å². The number of likely N-dealkylation sites (N-methyl/N-ethyl adjacent to an activating group) is 1. The van der Waals surface area contributed by atoms with E-state index >= 15 is 0 Å². The molecule has 1 aromatic carbocycles. The molecule has 1 aliphatic carbocycles. The number of methoxy groups -OCH3 is 2. The Morgan fingerprint density at radius 1 is 1.28 bits per heavy atom. The second-order valence-corrected chi connectivity index (χ2v) is 4.95. The highest BCUT2D eigenvalue weighted by molar-refractivity contribution is 5.51. The van der Waals surface area contributed by atoms with Crippen LogP contribution in [0.25, 0.3) is 0 Å². The van der Waals surface area contributed by atoms with Crippen LogP contribution in [0.1, 0.15) is 12.8 Å². The van der Waals surface area contributed by atoms with Crippen molar-refractivity contribution in [2.24, 2.45) is 5.73 Å². The van der Waals surface area contributed by atoms with Crippen LogP contribution in [0.15, 0.2) is 24.3 Å². The van der Waals surface area contributed by atoms with E-state index in [4.69, 9.17) is 15.2 Å². The molecule has 1 fully saturated rings. The highest BCUT2D eigenvalue weighted by atomic mass is 16.5. The van der Waals surface area contributed by atoms with E-state index in [-0.39, 0.29) is 5.54 Å². The molecule has 0 amide bonds. The highest BCUT2D eigenvalue weighted by Gasteiger charge is 2.46. The Balaban J connectivity index is 2.11. The summed E-state index contributed by atoms with van der Waals surface area (Å²) in [6.07, 6.45) is 2.32. The van der Waals surface area contributed by atoms with Crippen LogP contribution in [-0.2, 0) is 4.74 Å². The second kappa shape index (κ2) is 5.16. The van der Waals surface area contributed by atoms with Crippen LogP contribution in [0.5, 0.6) is 5.75 Å². The third-order valence-electron chi connectivity index (χ3n) is 4.10. The second-order valence-electron chi connectivity index (χ2n) is 4.95. The van der Waals surface area contributed by atoms with Gasteiger partial charge in [-0.05, 0) is 37.1 Å². The number of benzene rings is 1. The molecule has 18 heavy (non-hydrogen) atoms. The van der Waals surface area contributed by atoms with Gasteiger partial charge in [-0.3, -0.25) is 0 Å². The van der Waals surface area contributed by atoms with Crippen LogP contribution in [-0.4, -0.2) is 39.5 Å². The van der Waals surface area contributed by atoms with Gasteiger partial charge < -0.3 is 20.1 Å². The molecule has 0 aromatic heterocycles. The zero-order valence-electron chi connectivity index (χ0n) is 11.3. The minimum Gasteiger partial charge on any atom is -0.497 e. The lowest BCUT2D eigenvalue weighted by Gasteiger charge is -2.53. The van der Waals surface area contributed by atoms with Crippen molar-refractivity contribution in [2.75, 3.05) is 32.7 Å². The topological polar surface area (TPSA) is 47.7 Å². The fourth-order valence-corrected chi connectivity index (χ4v) is 2.61. The first-order chi connectivity index (χ1) is 8.65. The number of rotatable bonds is 5. The van der Waals surface area contributed by atoms with Crippen LogP contribution in [0.4, 0.5) is 5.69 Å². The van der Waals surface area contributed by atoms with E-state index in [1.807, 2.05) is 12.1 Å². The zero-order valence-corrected chi connectivity index (χ0v) is 11.3. The molecule has 100 valence electrons. The summed E-state index contributed by atoms with van der Waals surface area (Å²) >= 11 is 0. The Morgan fingerprint density at radius 3 is 2.33 bits per heavy atom. The number of hydrogen-bond donors (Lipinski definition) is 1. The summed E-state index contributed by atoms with van der Waals surface area (Å²) in [5.41, 5.74) is 7.16. The maximum Gasteiger partial charge on any atom is 0.119 e. The third-order valence-corrected chi connectivity index (χ3v) is 4.10. The fourth-order valence-electron chi connectivity index (χ4n) is 2.61. The van der Waals surface area contributed by atoms with Crippen molar-refractivity contribution in [1.82, 2.24) is 0 Å². The van der Waals surface area contributed by atoms with Crippen molar-refractivity contribution in [3.8, 4) is 5.75 Å². The maximum atomic E-state index is 5.96. The monoisotopic (exact) mass is 250 g/mol. The summed E-state index contributed by atoms with van der Waals surface area (Å²) in [7, 11) is 5.54. The molecule has 0 radical (unpaired) electrons. The normalized spacial score (nSPS) is 26.6. The summed E-state index contributed by atoms with van der Waals surface area (Å²) in [6, 6.07) is 8.08. The summed E-state index contributed by atoms with van der Waals surface area (Å²) < 4.78 is 10.5. The summed E-state index contributed by atoms with van der Waals surface area (Å²) in [4.78, 5) is 2.27. The van der Waals surface area contributed by atoms with Gasteiger partial charge >= 0.3 is 0 Å². The van der Waals surface area contributed by atoms with E-state index in [9.17, 15) is 0 Å². The number of nitrogens with two attached hydrogens (primary N) is 1. The first-order valence-electron chi connectivity index (χ1n) is 6.26. The van der Waals surface area contributed by atoms with Gasteiger partial charge in [0.1, 0.15) is 5.75 Å². The molecule has 4 heteroatoms. The molecule has 2 rings (SSSR count). The molecule has 2 N–H and O–H groups in total. The lowest BCUT2D eigenvalue weighted by atomic mass is 9.72. The zero-order chi connectivity index (χ0) is 13.2. The molecule has 0 atom stereocenters. The molecular formula is C14H22N2O2. The molecular weight excluding hydrogens is 228 g/mol.